The van der Waals surface area contributed by atoms with Crippen molar-refractivity contribution in [1.29, 1.82) is 0 Å². The molecule has 0 saturated carbocycles. The van der Waals surface area contributed by atoms with Gasteiger partial charge in [-0.25, -0.2) is 4.98 Å². The topological polar surface area (TPSA) is 54.7 Å². The molecule has 1 aromatic heterocycles. The van der Waals surface area contributed by atoms with E-state index in [1.165, 1.54) is 12.3 Å². The fourth-order valence-corrected chi connectivity index (χ4v) is 2.09. The molecule has 0 aliphatic carbocycles. The van der Waals surface area contributed by atoms with Crippen LogP contribution in [0.25, 0.3) is 0 Å². The lowest BCUT2D eigenvalue weighted by molar-refractivity contribution is -0.137. The van der Waals surface area contributed by atoms with Gasteiger partial charge in [0, 0.05) is 24.0 Å². The maximum atomic E-state index is 12.7. The van der Waals surface area contributed by atoms with Crippen LogP contribution in [0, 0.1) is 0 Å². The number of H-pyrrole nitrogens is 1. The summed E-state index contributed by atoms with van der Waals surface area (Å²) in [7, 11) is 0. The van der Waals surface area contributed by atoms with Crippen LogP contribution in [-0.2, 0) is 6.18 Å². The maximum Gasteiger partial charge on any atom is 0.416 e. The van der Waals surface area contributed by atoms with E-state index in [4.69, 9.17) is 17.3 Å². The molecule has 1 unspecified atom stereocenters. The van der Waals surface area contributed by atoms with Crippen LogP contribution >= 0.6 is 11.6 Å². The van der Waals surface area contributed by atoms with Crippen LogP contribution in [0.1, 0.15) is 22.9 Å². The van der Waals surface area contributed by atoms with Crippen molar-refractivity contribution < 1.29 is 13.2 Å². The summed E-state index contributed by atoms with van der Waals surface area (Å²) < 4.78 is 38.1. The van der Waals surface area contributed by atoms with Gasteiger partial charge in [-0.1, -0.05) is 11.6 Å². The summed E-state index contributed by atoms with van der Waals surface area (Å²) in [5.74, 6) is -0.00600. The van der Waals surface area contributed by atoms with Crippen molar-refractivity contribution in [2.75, 3.05) is 6.54 Å². The number of alkyl halides is 3. The number of nitrogens with one attached hydrogen (secondary N) is 1. The van der Waals surface area contributed by atoms with Gasteiger partial charge in [-0.05, 0) is 23.8 Å². The fourth-order valence-electron chi connectivity index (χ4n) is 1.84. The third kappa shape index (κ3) is 2.90. The first-order valence-corrected chi connectivity index (χ1v) is 5.87. The first-order chi connectivity index (χ1) is 8.93. The minimum Gasteiger partial charge on any atom is -0.348 e. The van der Waals surface area contributed by atoms with E-state index in [1.807, 2.05) is 0 Å². The molecule has 0 spiro atoms. The van der Waals surface area contributed by atoms with Gasteiger partial charge in [0.2, 0.25) is 0 Å². The van der Waals surface area contributed by atoms with Crippen molar-refractivity contribution in [2.24, 2.45) is 5.73 Å². The summed E-state index contributed by atoms with van der Waals surface area (Å²) in [6.45, 7) is 0.106. The molecule has 1 atom stereocenters. The third-order valence-corrected chi connectivity index (χ3v) is 3.13. The Hall–Kier alpha value is -1.53. The standard InChI is InChI=1S/C12H11ClF3N3/c13-10-2-1-7(12(14,15)16)5-8(10)9(6-17)11-18-3-4-19-11/h1-5,9H,6,17H2,(H,18,19). The zero-order valence-corrected chi connectivity index (χ0v) is 10.5. The van der Waals surface area contributed by atoms with Crippen LogP contribution in [0.2, 0.25) is 5.02 Å². The number of aromatic nitrogens is 2. The van der Waals surface area contributed by atoms with Crippen LogP contribution < -0.4 is 5.73 Å². The van der Waals surface area contributed by atoms with Crippen LogP contribution in [0.15, 0.2) is 30.6 Å². The van der Waals surface area contributed by atoms with Crippen molar-refractivity contribution in [2.45, 2.75) is 12.1 Å². The molecule has 3 nitrogen and oxygen atoms in total. The van der Waals surface area contributed by atoms with Gasteiger partial charge in [-0.3, -0.25) is 0 Å². The summed E-state index contributed by atoms with van der Waals surface area (Å²) in [6, 6.07) is 3.19. The quantitative estimate of drug-likeness (QED) is 0.912. The molecule has 2 rings (SSSR count). The number of hydrogen-bond acceptors (Lipinski definition) is 2. The minimum absolute atomic E-state index is 0.106. The van der Waals surface area contributed by atoms with Crippen LogP contribution in [0.4, 0.5) is 13.2 Å². The summed E-state index contributed by atoms with van der Waals surface area (Å²) in [6.07, 6.45) is -1.32. The Bertz CT molecular complexity index is 552. The molecule has 2 aromatic rings. The van der Waals surface area contributed by atoms with E-state index in [9.17, 15) is 13.2 Å². The zero-order chi connectivity index (χ0) is 14.0. The second-order valence-corrected chi connectivity index (χ2v) is 4.40. The number of nitrogens with two attached hydrogens (primary N) is 1. The van der Waals surface area contributed by atoms with Gasteiger partial charge < -0.3 is 10.7 Å². The Morgan fingerprint density at radius 1 is 1.37 bits per heavy atom. The number of aromatic amines is 1. The van der Waals surface area contributed by atoms with E-state index < -0.39 is 17.7 Å². The van der Waals surface area contributed by atoms with Crippen LogP contribution in [0.3, 0.4) is 0 Å². The lowest BCUT2D eigenvalue weighted by atomic mass is 9.96. The Labute approximate surface area is 112 Å². The first-order valence-electron chi connectivity index (χ1n) is 5.49. The third-order valence-electron chi connectivity index (χ3n) is 2.78. The highest BCUT2D eigenvalue weighted by atomic mass is 35.5. The van der Waals surface area contributed by atoms with E-state index in [0.29, 0.717) is 11.4 Å². The summed E-state index contributed by atoms with van der Waals surface area (Å²) in [4.78, 5) is 6.86. The Morgan fingerprint density at radius 3 is 2.63 bits per heavy atom. The zero-order valence-electron chi connectivity index (χ0n) is 9.71. The SMILES string of the molecule is NCC(c1ncc[nH]1)c1cc(C(F)(F)F)ccc1Cl. The van der Waals surface area contributed by atoms with Crippen molar-refractivity contribution >= 4 is 11.6 Å². The average Bonchev–Trinajstić information content (AvgIpc) is 2.84. The molecule has 0 aliphatic rings. The van der Waals surface area contributed by atoms with Gasteiger partial charge in [-0.2, -0.15) is 13.2 Å². The highest BCUT2D eigenvalue weighted by molar-refractivity contribution is 6.31. The maximum absolute atomic E-state index is 12.7. The van der Waals surface area contributed by atoms with E-state index >= 15 is 0 Å². The van der Waals surface area contributed by atoms with Gasteiger partial charge in [0.1, 0.15) is 5.82 Å². The Kier molecular flexibility index (Phi) is 3.82. The molecule has 1 aromatic carbocycles. The normalized spacial score (nSPS) is 13.5. The second-order valence-electron chi connectivity index (χ2n) is 4.00. The van der Waals surface area contributed by atoms with Crippen LogP contribution in [0.5, 0.6) is 0 Å². The lowest BCUT2D eigenvalue weighted by Gasteiger charge is -2.16. The predicted octanol–water partition coefficient (Wildman–Crippen LogP) is 3.17. The second kappa shape index (κ2) is 5.22. The van der Waals surface area contributed by atoms with Gasteiger partial charge >= 0.3 is 6.18 Å². The molecular weight excluding hydrogens is 279 g/mol. The van der Waals surface area contributed by atoms with E-state index in [1.54, 1.807) is 6.20 Å². The number of imidazole rings is 1. The molecular formula is C12H11ClF3N3. The van der Waals surface area contributed by atoms with Gasteiger partial charge in [0.15, 0.2) is 0 Å². The summed E-state index contributed by atoms with van der Waals surface area (Å²) in [5.41, 5.74) is 5.19. The molecule has 7 heteroatoms. The highest BCUT2D eigenvalue weighted by Gasteiger charge is 2.32. The van der Waals surface area contributed by atoms with E-state index in [2.05, 4.69) is 9.97 Å². The van der Waals surface area contributed by atoms with Crippen molar-refractivity contribution in [3.05, 3.63) is 52.6 Å². The smallest absolute Gasteiger partial charge is 0.348 e. The molecule has 3 N–H and O–H groups in total. The number of hydrogen-bond donors (Lipinski definition) is 2. The number of benzene rings is 1. The Balaban J connectivity index is 2.48. The van der Waals surface area contributed by atoms with Gasteiger partial charge in [0.25, 0.3) is 0 Å². The summed E-state index contributed by atoms with van der Waals surface area (Å²) >= 11 is 5.97. The molecule has 1 heterocycles. The summed E-state index contributed by atoms with van der Waals surface area (Å²) in [5, 5.41) is 0.236. The van der Waals surface area contributed by atoms with E-state index in [0.717, 1.165) is 12.1 Å². The monoisotopic (exact) mass is 289 g/mol. The highest BCUT2D eigenvalue weighted by Crippen LogP contribution is 2.35. The Morgan fingerprint density at radius 2 is 2.11 bits per heavy atom. The van der Waals surface area contributed by atoms with E-state index in [-0.39, 0.29) is 11.6 Å². The number of nitrogens with zero attached hydrogens (tertiary/aromatic N) is 1. The number of rotatable bonds is 3. The molecule has 0 fully saturated rings. The van der Waals surface area contributed by atoms with Gasteiger partial charge in [0.05, 0.1) is 11.5 Å². The first kappa shape index (κ1) is 13.9. The molecule has 0 saturated heterocycles. The minimum atomic E-state index is -4.42. The largest absolute Gasteiger partial charge is 0.416 e. The van der Waals surface area contributed by atoms with Crippen molar-refractivity contribution in [1.82, 2.24) is 9.97 Å². The van der Waals surface area contributed by atoms with Crippen molar-refractivity contribution in [3.63, 3.8) is 0 Å². The predicted molar refractivity (Wildman–Crippen MR) is 65.9 cm³/mol. The fraction of sp³-hybridized carbons (Fsp3) is 0.250. The van der Waals surface area contributed by atoms with Crippen LogP contribution in [-0.4, -0.2) is 16.5 Å². The molecule has 0 amide bonds. The van der Waals surface area contributed by atoms with Crippen molar-refractivity contribution in [3.8, 4) is 0 Å². The number of halogens is 4. The molecule has 19 heavy (non-hydrogen) atoms. The molecule has 0 aliphatic heterocycles. The molecule has 0 bridgehead atoms. The van der Waals surface area contributed by atoms with Gasteiger partial charge in [-0.15, -0.1) is 0 Å². The average molecular weight is 290 g/mol. The lowest BCUT2D eigenvalue weighted by Crippen LogP contribution is -2.17. The molecule has 102 valence electrons. The molecule has 0 radical (unpaired) electrons.